The minimum absolute atomic E-state index is 0.0273. The van der Waals surface area contributed by atoms with E-state index >= 15 is 0 Å². The first-order valence-electron chi connectivity index (χ1n) is 10.6. The zero-order valence-corrected chi connectivity index (χ0v) is 20.1. The van der Waals surface area contributed by atoms with Crippen LogP contribution in [0.5, 0.6) is 11.5 Å². The van der Waals surface area contributed by atoms with Crippen molar-refractivity contribution in [3.05, 3.63) is 53.1 Å². The highest BCUT2D eigenvalue weighted by molar-refractivity contribution is 7.89. The van der Waals surface area contributed by atoms with Crippen molar-refractivity contribution in [2.24, 2.45) is 5.92 Å². The van der Waals surface area contributed by atoms with Crippen LogP contribution in [0.15, 0.2) is 47.4 Å². The highest BCUT2D eigenvalue weighted by Gasteiger charge is 2.35. The highest BCUT2D eigenvalue weighted by atomic mass is 35.5. The Bertz CT molecular complexity index is 1040. The fourth-order valence-electron chi connectivity index (χ4n) is 3.78. The number of nitrogens with one attached hydrogen (secondary N) is 1. The van der Waals surface area contributed by atoms with Crippen LogP contribution in [0.3, 0.4) is 0 Å². The molecule has 0 aromatic heterocycles. The number of nitrogens with zero attached hydrogens (tertiary/aromatic N) is 1. The molecule has 174 valence electrons. The molecule has 7 nitrogen and oxygen atoms in total. The number of benzene rings is 2. The van der Waals surface area contributed by atoms with E-state index in [0.29, 0.717) is 31.0 Å². The molecule has 32 heavy (non-hydrogen) atoms. The summed E-state index contributed by atoms with van der Waals surface area (Å²) in [6.45, 7) is 4.48. The van der Waals surface area contributed by atoms with E-state index in [-0.39, 0.29) is 29.1 Å². The first-order valence-corrected chi connectivity index (χ1v) is 12.4. The van der Waals surface area contributed by atoms with Gasteiger partial charge in [-0.25, -0.2) is 8.42 Å². The first kappa shape index (κ1) is 24.4. The van der Waals surface area contributed by atoms with Crippen molar-refractivity contribution in [3.8, 4) is 11.5 Å². The van der Waals surface area contributed by atoms with Crippen molar-refractivity contribution >= 4 is 27.5 Å². The second-order valence-corrected chi connectivity index (χ2v) is 10.1. The van der Waals surface area contributed by atoms with Gasteiger partial charge in [-0.3, -0.25) is 4.79 Å². The second-order valence-electron chi connectivity index (χ2n) is 7.73. The van der Waals surface area contributed by atoms with E-state index in [0.717, 1.165) is 11.3 Å². The Morgan fingerprint density at radius 1 is 1.25 bits per heavy atom. The summed E-state index contributed by atoms with van der Waals surface area (Å²) in [4.78, 5) is 13.0. The molecular formula is C23H29ClN2O5S. The first-order chi connectivity index (χ1) is 15.3. The van der Waals surface area contributed by atoms with Crippen LogP contribution in [-0.2, 0) is 14.8 Å². The molecule has 0 radical (unpaired) electrons. The number of carbonyl (C=O) groups excluding carboxylic acids is 1. The summed E-state index contributed by atoms with van der Waals surface area (Å²) < 4.78 is 38.7. The summed E-state index contributed by atoms with van der Waals surface area (Å²) in [5, 5.41) is 3.32. The second kappa shape index (κ2) is 10.6. The predicted molar refractivity (Wildman–Crippen MR) is 124 cm³/mol. The maximum absolute atomic E-state index is 13.4. The Kier molecular flexibility index (Phi) is 8.03. The van der Waals surface area contributed by atoms with E-state index in [1.165, 1.54) is 10.4 Å². The number of piperidine rings is 1. The molecule has 3 rings (SSSR count). The number of rotatable bonds is 8. The summed E-state index contributed by atoms with van der Waals surface area (Å²) in [5.74, 6) is 0.405. The van der Waals surface area contributed by atoms with Gasteiger partial charge in [0.15, 0.2) is 0 Å². The van der Waals surface area contributed by atoms with Gasteiger partial charge >= 0.3 is 0 Å². The standard InChI is InChI=1S/C23H29ClN2O5S/c1-4-31-21-12-9-19(24)14-22(21)32(28,29)26-13-5-6-18(15-26)23(27)25-16(2)17-7-10-20(30-3)11-8-17/h7-12,14,16,18H,4-6,13,15H2,1-3H3,(H,25,27)/t16-,18-/m0/s1. The van der Waals surface area contributed by atoms with Gasteiger partial charge in [0.05, 0.1) is 25.7 Å². The number of methoxy groups -OCH3 is 1. The Morgan fingerprint density at radius 3 is 2.62 bits per heavy atom. The minimum atomic E-state index is -3.86. The summed E-state index contributed by atoms with van der Waals surface area (Å²) in [5.41, 5.74) is 0.944. The third-order valence-electron chi connectivity index (χ3n) is 5.55. The van der Waals surface area contributed by atoms with E-state index in [9.17, 15) is 13.2 Å². The molecule has 2 aromatic carbocycles. The van der Waals surface area contributed by atoms with E-state index in [1.807, 2.05) is 31.2 Å². The van der Waals surface area contributed by atoms with E-state index in [2.05, 4.69) is 5.32 Å². The van der Waals surface area contributed by atoms with E-state index < -0.39 is 15.9 Å². The Balaban J connectivity index is 1.73. The molecule has 1 N–H and O–H groups in total. The van der Waals surface area contributed by atoms with Crippen molar-refractivity contribution in [3.63, 3.8) is 0 Å². The lowest BCUT2D eigenvalue weighted by molar-refractivity contribution is -0.126. The van der Waals surface area contributed by atoms with Crippen LogP contribution in [-0.4, -0.2) is 45.4 Å². The Hall–Kier alpha value is -2.29. The average molecular weight is 481 g/mol. The van der Waals surface area contributed by atoms with Gasteiger partial charge in [-0.15, -0.1) is 0 Å². The zero-order chi connectivity index (χ0) is 23.3. The molecule has 0 saturated carbocycles. The van der Waals surface area contributed by atoms with Gasteiger partial charge in [-0.1, -0.05) is 23.7 Å². The Labute approximate surface area is 194 Å². The molecule has 1 saturated heterocycles. The van der Waals surface area contributed by atoms with Crippen molar-refractivity contribution < 1.29 is 22.7 Å². The maximum atomic E-state index is 13.4. The van der Waals surface area contributed by atoms with Crippen molar-refractivity contribution in [2.75, 3.05) is 26.8 Å². The topological polar surface area (TPSA) is 84.9 Å². The predicted octanol–water partition coefficient (Wildman–Crippen LogP) is 4.03. The molecule has 1 fully saturated rings. The average Bonchev–Trinajstić information content (AvgIpc) is 2.80. The van der Waals surface area contributed by atoms with Gasteiger partial charge in [-0.2, -0.15) is 4.31 Å². The van der Waals surface area contributed by atoms with Crippen molar-refractivity contribution in [1.82, 2.24) is 9.62 Å². The molecule has 9 heteroatoms. The summed E-state index contributed by atoms with van der Waals surface area (Å²) in [6, 6.07) is 11.8. The van der Waals surface area contributed by atoms with Crippen molar-refractivity contribution in [2.45, 2.75) is 37.6 Å². The molecule has 1 aliphatic heterocycles. The van der Waals surface area contributed by atoms with Crippen LogP contribution in [0, 0.1) is 5.92 Å². The largest absolute Gasteiger partial charge is 0.497 e. The third kappa shape index (κ3) is 5.54. The van der Waals surface area contributed by atoms with Crippen LogP contribution < -0.4 is 14.8 Å². The molecule has 0 spiro atoms. The summed E-state index contributed by atoms with van der Waals surface area (Å²) in [7, 11) is -2.26. The smallest absolute Gasteiger partial charge is 0.246 e. The lowest BCUT2D eigenvalue weighted by Gasteiger charge is -2.32. The van der Waals surface area contributed by atoms with Gasteiger partial charge in [0, 0.05) is 18.1 Å². The van der Waals surface area contributed by atoms with Gasteiger partial charge < -0.3 is 14.8 Å². The fourth-order valence-corrected chi connectivity index (χ4v) is 5.70. The van der Waals surface area contributed by atoms with Crippen LogP contribution in [0.25, 0.3) is 0 Å². The molecule has 0 unspecified atom stereocenters. The lowest BCUT2D eigenvalue weighted by atomic mass is 9.98. The van der Waals surface area contributed by atoms with Gasteiger partial charge in [0.25, 0.3) is 0 Å². The number of hydrogen-bond acceptors (Lipinski definition) is 5. The molecule has 1 amide bonds. The number of ether oxygens (including phenoxy) is 2. The molecule has 0 aliphatic carbocycles. The summed E-state index contributed by atoms with van der Waals surface area (Å²) in [6.07, 6.45) is 1.22. The van der Waals surface area contributed by atoms with Crippen LogP contribution >= 0.6 is 11.6 Å². The Morgan fingerprint density at radius 2 is 1.97 bits per heavy atom. The SMILES string of the molecule is CCOc1ccc(Cl)cc1S(=O)(=O)N1CCC[C@H](C(=O)N[C@@H](C)c2ccc(OC)cc2)C1. The molecule has 0 bridgehead atoms. The van der Waals surface area contributed by atoms with E-state index in [4.69, 9.17) is 21.1 Å². The summed E-state index contributed by atoms with van der Waals surface area (Å²) >= 11 is 6.07. The molecule has 1 heterocycles. The lowest BCUT2D eigenvalue weighted by Crippen LogP contribution is -2.45. The molecule has 1 aliphatic rings. The number of halogens is 1. The molecule has 2 aromatic rings. The van der Waals surface area contributed by atoms with E-state index in [1.54, 1.807) is 26.2 Å². The normalized spacial score (nSPS) is 18.1. The quantitative estimate of drug-likeness (QED) is 0.616. The van der Waals surface area contributed by atoms with Crippen LogP contribution in [0.1, 0.15) is 38.3 Å². The number of hydrogen-bond donors (Lipinski definition) is 1. The highest BCUT2D eigenvalue weighted by Crippen LogP contribution is 2.32. The molecule has 2 atom stereocenters. The molecular weight excluding hydrogens is 452 g/mol. The number of amides is 1. The van der Waals surface area contributed by atoms with Gasteiger partial charge in [0.1, 0.15) is 16.4 Å². The van der Waals surface area contributed by atoms with Crippen LogP contribution in [0.4, 0.5) is 0 Å². The monoisotopic (exact) mass is 480 g/mol. The zero-order valence-electron chi connectivity index (χ0n) is 18.5. The van der Waals surface area contributed by atoms with Crippen molar-refractivity contribution in [1.29, 1.82) is 0 Å². The fraction of sp³-hybridized carbons (Fsp3) is 0.435. The maximum Gasteiger partial charge on any atom is 0.246 e. The van der Waals surface area contributed by atoms with Gasteiger partial charge in [-0.05, 0) is 62.6 Å². The van der Waals surface area contributed by atoms with Crippen LogP contribution in [0.2, 0.25) is 5.02 Å². The third-order valence-corrected chi connectivity index (χ3v) is 7.67. The number of sulfonamides is 1. The minimum Gasteiger partial charge on any atom is -0.497 e. The number of carbonyl (C=O) groups is 1. The van der Waals surface area contributed by atoms with Gasteiger partial charge in [0.2, 0.25) is 15.9 Å².